The third-order valence-electron chi connectivity index (χ3n) is 3.74. The fraction of sp³-hybridized carbons (Fsp3) is 0.450. The normalized spacial score (nSPS) is 13.1. The molecule has 1 unspecified atom stereocenters. The molecule has 0 N–H and O–H groups in total. The van der Waals surface area contributed by atoms with Gasteiger partial charge in [-0.25, -0.2) is 0 Å². The van der Waals surface area contributed by atoms with E-state index in [0.29, 0.717) is 18.9 Å². The SMILES string of the molecule is CC(CC(=O)OCc1cccc2ccccc12)CC(C)(C)C. The van der Waals surface area contributed by atoms with Gasteiger partial charge in [-0.05, 0) is 34.1 Å². The molecule has 22 heavy (non-hydrogen) atoms. The molecule has 2 aromatic carbocycles. The summed E-state index contributed by atoms with van der Waals surface area (Å²) in [5.74, 6) is 0.240. The summed E-state index contributed by atoms with van der Waals surface area (Å²) < 4.78 is 5.48. The molecule has 2 heteroatoms. The van der Waals surface area contributed by atoms with Crippen molar-refractivity contribution in [2.24, 2.45) is 11.3 Å². The summed E-state index contributed by atoms with van der Waals surface area (Å²) in [5.41, 5.74) is 1.31. The minimum Gasteiger partial charge on any atom is -0.461 e. The molecule has 0 saturated carbocycles. The van der Waals surface area contributed by atoms with Gasteiger partial charge < -0.3 is 4.74 Å². The van der Waals surface area contributed by atoms with Crippen molar-refractivity contribution in [2.45, 2.75) is 47.1 Å². The lowest BCUT2D eigenvalue weighted by Crippen LogP contribution is -2.15. The van der Waals surface area contributed by atoms with Crippen molar-refractivity contribution in [3.05, 3.63) is 48.0 Å². The zero-order chi connectivity index (χ0) is 16.2. The summed E-state index contributed by atoms with van der Waals surface area (Å²) in [5, 5.41) is 2.33. The Labute approximate surface area is 133 Å². The van der Waals surface area contributed by atoms with Crippen LogP contribution in [0.3, 0.4) is 0 Å². The molecule has 0 aliphatic carbocycles. The van der Waals surface area contributed by atoms with Crippen LogP contribution in [-0.2, 0) is 16.1 Å². The van der Waals surface area contributed by atoms with Gasteiger partial charge in [0.25, 0.3) is 0 Å². The van der Waals surface area contributed by atoms with Crippen molar-refractivity contribution >= 4 is 16.7 Å². The number of ether oxygens (including phenoxy) is 1. The Hall–Kier alpha value is -1.83. The first-order valence-electron chi connectivity index (χ1n) is 7.97. The summed E-state index contributed by atoms with van der Waals surface area (Å²) in [7, 11) is 0. The van der Waals surface area contributed by atoms with E-state index in [1.807, 2.05) is 24.3 Å². The van der Waals surface area contributed by atoms with Crippen LogP contribution in [0.25, 0.3) is 10.8 Å². The highest BCUT2D eigenvalue weighted by molar-refractivity contribution is 5.85. The lowest BCUT2D eigenvalue weighted by molar-refractivity contribution is -0.146. The summed E-state index contributed by atoms with van der Waals surface area (Å²) in [4.78, 5) is 12.0. The minimum absolute atomic E-state index is 0.107. The third-order valence-corrected chi connectivity index (χ3v) is 3.74. The van der Waals surface area contributed by atoms with E-state index in [1.54, 1.807) is 0 Å². The summed E-state index contributed by atoms with van der Waals surface area (Å²) in [6.45, 7) is 9.06. The fourth-order valence-electron chi connectivity index (χ4n) is 3.04. The van der Waals surface area contributed by atoms with E-state index in [4.69, 9.17) is 4.74 Å². The zero-order valence-electron chi connectivity index (χ0n) is 14.1. The second kappa shape index (κ2) is 6.95. The maximum Gasteiger partial charge on any atom is 0.306 e. The molecule has 118 valence electrons. The van der Waals surface area contributed by atoms with Gasteiger partial charge in [-0.1, -0.05) is 70.2 Å². The van der Waals surface area contributed by atoms with Crippen molar-refractivity contribution in [3.8, 4) is 0 Å². The standard InChI is InChI=1S/C20H26O2/c1-15(13-20(2,3)4)12-19(21)22-14-17-10-7-9-16-8-5-6-11-18(16)17/h5-11,15H,12-14H2,1-4H3. The Bertz CT molecular complexity index is 632. The van der Waals surface area contributed by atoms with Gasteiger partial charge in [0, 0.05) is 6.42 Å². The second-order valence-electron chi connectivity index (χ2n) is 7.37. The number of carbonyl (C=O) groups excluding carboxylic acids is 1. The molecule has 2 rings (SSSR count). The van der Waals surface area contributed by atoms with Gasteiger partial charge in [-0.3, -0.25) is 4.79 Å². The molecule has 0 amide bonds. The van der Waals surface area contributed by atoms with Crippen LogP contribution in [0.4, 0.5) is 0 Å². The molecule has 2 nitrogen and oxygen atoms in total. The maximum atomic E-state index is 12.0. The second-order valence-corrected chi connectivity index (χ2v) is 7.37. The first-order valence-corrected chi connectivity index (χ1v) is 7.97. The first-order chi connectivity index (χ1) is 10.3. The Kier molecular flexibility index (Phi) is 5.23. The molecular formula is C20H26O2. The number of fused-ring (bicyclic) bond motifs is 1. The molecule has 0 aliphatic rings. The summed E-state index contributed by atoms with van der Waals surface area (Å²) >= 11 is 0. The highest BCUT2D eigenvalue weighted by atomic mass is 16.5. The van der Waals surface area contributed by atoms with Crippen LogP contribution in [0.1, 0.15) is 46.1 Å². The van der Waals surface area contributed by atoms with Crippen LogP contribution in [0.5, 0.6) is 0 Å². The predicted molar refractivity (Wildman–Crippen MR) is 91.6 cm³/mol. The molecule has 2 aromatic rings. The molecule has 0 aliphatic heterocycles. The van der Waals surface area contributed by atoms with E-state index < -0.39 is 0 Å². The first kappa shape index (κ1) is 16.5. The van der Waals surface area contributed by atoms with E-state index in [1.165, 1.54) is 5.39 Å². The van der Waals surface area contributed by atoms with Crippen molar-refractivity contribution in [2.75, 3.05) is 0 Å². The number of rotatable bonds is 5. The lowest BCUT2D eigenvalue weighted by Gasteiger charge is -2.22. The van der Waals surface area contributed by atoms with E-state index >= 15 is 0 Å². The van der Waals surface area contributed by atoms with Crippen LogP contribution in [0.2, 0.25) is 0 Å². The number of carbonyl (C=O) groups is 1. The Balaban J connectivity index is 1.93. The highest BCUT2D eigenvalue weighted by Crippen LogP contribution is 2.26. The van der Waals surface area contributed by atoms with E-state index in [0.717, 1.165) is 17.4 Å². The molecule has 0 saturated heterocycles. The monoisotopic (exact) mass is 298 g/mol. The van der Waals surface area contributed by atoms with Crippen LogP contribution >= 0.6 is 0 Å². The Morgan fingerprint density at radius 2 is 1.77 bits per heavy atom. The van der Waals surface area contributed by atoms with Gasteiger partial charge >= 0.3 is 5.97 Å². The largest absolute Gasteiger partial charge is 0.461 e. The summed E-state index contributed by atoms with van der Waals surface area (Å²) in [6, 6.07) is 14.3. The van der Waals surface area contributed by atoms with Crippen LogP contribution < -0.4 is 0 Å². The summed E-state index contributed by atoms with van der Waals surface area (Å²) in [6.07, 6.45) is 1.51. The van der Waals surface area contributed by atoms with Gasteiger partial charge in [0.05, 0.1) is 0 Å². The predicted octanol–water partition coefficient (Wildman–Crippen LogP) is 5.35. The molecular weight excluding hydrogens is 272 g/mol. The van der Waals surface area contributed by atoms with Crippen molar-refractivity contribution in [1.82, 2.24) is 0 Å². The van der Waals surface area contributed by atoms with Crippen molar-refractivity contribution < 1.29 is 9.53 Å². The number of hydrogen-bond donors (Lipinski definition) is 0. The quantitative estimate of drug-likeness (QED) is 0.696. The molecule has 0 heterocycles. The number of benzene rings is 2. The molecule has 0 bridgehead atoms. The van der Waals surface area contributed by atoms with Crippen molar-refractivity contribution in [1.29, 1.82) is 0 Å². The fourth-order valence-corrected chi connectivity index (χ4v) is 3.04. The van der Waals surface area contributed by atoms with E-state index in [2.05, 4.69) is 45.9 Å². The van der Waals surface area contributed by atoms with Crippen LogP contribution in [0.15, 0.2) is 42.5 Å². The number of hydrogen-bond acceptors (Lipinski definition) is 2. The van der Waals surface area contributed by atoms with Gasteiger partial charge in [0.2, 0.25) is 0 Å². The van der Waals surface area contributed by atoms with Gasteiger partial charge in [0.1, 0.15) is 6.61 Å². The Morgan fingerprint density at radius 1 is 1.09 bits per heavy atom. The molecule has 0 spiro atoms. The van der Waals surface area contributed by atoms with E-state index in [-0.39, 0.29) is 11.4 Å². The molecule has 1 atom stereocenters. The topological polar surface area (TPSA) is 26.3 Å². The molecule has 0 aromatic heterocycles. The average molecular weight is 298 g/mol. The zero-order valence-corrected chi connectivity index (χ0v) is 14.1. The van der Waals surface area contributed by atoms with Gasteiger partial charge in [-0.2, -0.15) is 0 Å². The average Bonchev–Trinajstić information content (AvgIpc) is 2.43. The van der Waals surface area contributed by atoms with Gasteiger partial charge in [-0.15, -0.1) is 0 Å². The maximum absolute atomic E-state index is 12.0. The molecule has 0 radical (unpaired) electrons. The van der Waals surface area contributed by atoms with E-state index in [9.17, 15) is 4.79 Å². The number of esters is 1. The Morgan fingerprint density at radius 3 is 2.50 bits per heavy atom. The molecule has 0 fully saturated rings. The lowest BCUT2D eigenvalue weighted by atomic mass is 9.84. The van der Waals surface area contributed by atoms with Crippen molar-refractivity contribution in [3.63, 3.8) is 0 Å². The van der Waals surface area contributed by atoms with Gasteiger partial charge in [0.15, 0.2) is 0 Å². The highest BCUT2D eigenvalue weighted by Gasteiger charge is 2.18. The van der Waals surface area contributed by atoms with Crippen LogP contribution in [0, 0.1) is 11.3 Å². The minimum atomic E-state index is -0.107. The smallest absolute Gasteiger partial charge is 0.306 e. The van der Waals surface area contributed by atoms with Crippen LogP contribution in [-0.4, -0.2) is 5.97 Å². The third kappa shape index (κ3) is 4.87.